The zero-order valence-corrected chi connectivity index (χ0v) is 21.5. The number of alkyl halides is 1. The molecule has 1 saturated heterocycles. The molecule has 6 nitrogen and oxygen atoms in total. The molecule has 0 saturated carbocycles. The molecule has 1 unspecified atom stereocenters. The Labute approximate surface area is 199 Å². The standard InChI is InChI=1S/C24H35IN2O4/c1-17-16-21(29)27(22(17)30)19-9-6-18(7-10-19)8-11-20(28)26-23(2,3)12-13-24(4,5)31-15-14-25/h6-7,9-10,17H,8,11-16H2,1-5H3,(H,26,28). The fourth-order valence-electron chi connectivity index (χ4n) is 3.63. The molecule has 0 bridgehead atoms. The van der Waals surface area contributed by atoms with Crippen molar-refractivity contribution in [2.24, 2.45) is 5.92 Å². The molecule has 1 N–H and O–H groups in total. The van der Waals surface area contributed by atoms with Crippen molar-refractivity contribution < 1.29 is 19.1 Å². The number of carbonyl (C=O) groups excluding carboxylic acids is 3. The highest BCUT2D eigenvalue weighted by atomic mass is 127. The summed E-state index contributed by atoms with van der Waals surface area (Å²) >= 11 is 2.30. The van der Waals surface area contributed by atoms with Gasteiger partial charge in [0.2, 0.25) is 17.7 Å². The monoisotopic (exact) mass is 542 g/mol. The molecule has 1 aliphatic rings. The van der Waals surface area contributed by atoms with Crippen LogP contribution in [0.15, 0.2) is 24.3 Å². The molecule has 2 rings (SSSR count). The average molecular weight is 542 g/mol. The molecule has 0 radical (unpaired) electrons. The van der Waals surface area contributed by atoms with Crippen LogP contribution in [0.2, 0.25) is 0 Å². The summed E-state index contributed by atoms with van der Waals surface area (Å²) in [6.07, 6.45) is 2.95. The molecule has 3 amide bonds. The molecule has 1 aromatic carbocycles. The maximum atomic E-state index is 12.5. The minimum atomic E-state index is -0.306. The number of benzene rings is 1. The second kappa shape index (κ2) is 10.9. The summed E-state index contributed by atoms with van der Waals surface area (Å²) in [6.45, 7) is 10.8. The van der Waals surface area contributed by atoms with E-state index in [1.165, 1.54) is 4.90 Å². The van der Waals surface area contributed by atoms with Crippen molar-refractivity contribution in [3.63, 3.8) is 0 Å². The summed E-state index contributed by atoms with van der Waals surface area (Å²) in [5.41, 5.74) is 1.09. The topological polar surface area (TPSA) is 75.7 Å². The van der Waals surface area contributed by atoms with E-state index in [0.29, 0.717) is 18.5 Å². The number of imide groups is 1. The average Bonchev–Trinajstić information content (AvgIpc) is 2.95. The van der Waals surface area contributed by atoms with Gasteiger partial charge in [-0.05, 0) is 64.7 Å². The molecule has 0 aromatic heterocycles. The molecule has 172 valence electrons. The van der Waals surface area contributed by atoms with Crippen LogP contribution in [-0.2, 0) is 25.5 Å². The number of halogens is 1. The number of carbonyl (C=O) groups is 3. The fourth-order valence-corrected chi connectivity index (χ4v) is 3.85. The van der Waals surface area contributed by atoms with Crippen LogP contribution < -0.4 is 10.2 Å². The Morgan fingerprint density at radius 3 is 2.35 bits per heavy atom. The van der Waals surface area contributed by atoms with Gasteiger partial charge in [-0.15, -0.1) is 0 Å². The lowest BCUT2D eigenvalue weighted by Crippen LogP contribution is -2.44. The third kappa shape index (κ3) is 7.86. The van der Waals surface area contributed by atoms with Crippen LogP contribution in [0.1, 0.15) is 65.9 Å². The molecule has 1 aliphatic heterocycles. The van der Waals surface area contributed by atoms with E-state index in [9.17, 15) is 14.4 Å². The van der Waals surface area contributed by atoms with Gasteiger partial charge in [0.05, 0.1) is 17.9 Å². The Hall–Kier alpha value is -1.48. The normalized spacial score (nSPS) is 17.4. The zero-order chi connectivity index (χ0) is 23.2. The largest absolute Gasteiger partial charge is 0.375 e. The first-order chi connectivity index (χ1) is 14.4. The first-order valence-corrected chi connectivity index (χ1v) is 12.4. The van der Waals surface area contributed by atoms with Crippen LogP contribution in [0.5, 0.6) is 0 Å². The minimum absolute atomic E-state index is 0.0128. The lowest BCUT2D eigenvalue weighted by molar-refractivity contribution is -0.123. The van der Waals surface area contributed by atoms with Crippen LogP contribution in [0, 0.1) is 5.92 Å². The maximum Gasteiger partial charge on any atom is 0.237 e. The van der Waals surface area contributed by atoms with Crippen LogP contribution in [-0.4, -0.2) is 39.9 Å². The van der Waals surface area contributed by atoms with Gasteiger partial charge in [0.25, 0.3) is 0 Å². The third-order valence-electron chi connectivity index (χ3n) is 5.61. The van der Waals surface area contributed by atoms with E-state index in [2.05, 4.69) is 41.8 Å². The van der Waals surface area contributed by atoms with E-state index in [4.69, 9.17) is 4.74 Å². The zero-order valence-electron chi connectivity index (χ0n) is 19.3. The minimum Gasteiger partial charge on any atom is -0.375 e. The summed E-state index contributed by atoms with van der Waals surface area (Å²) in [6, 6.07) is 7.32. The molecule has 1 heterocycles. The van der Waals surface area contributed by atoms with Crippen molar-refractivity contribution >= 4 is 46.0 Å². The number of hydrogen-bond donors (Lipinski definition) is 1. The van der Waals surface area contributed by atoms with E-state index in [1.807, 2.05) is 26.0 Å². The number of amides is 3. The van der Waals surface area contributed by atoms with Crippen LogP contribution in [0.3, 0.4) is 0 Å². The summed E-state index contributed by atoms with van der Waals surface area (Å²) < 4.78 is 6.85. The quantitative estimate of drug-likeness (QED) is 0.255. The van der Waals surface area contributed by atoms with Gasteiger partial charge in [-0.1, -0.05) is 41.6 Å². The third-order valence-corrected chi connectivity index (χ3v) is 6.05. The Morgan fingerprint density at radius 1 is 1.16 bits per heavy atom. The van der Waals surface area contributed by atoms with Crippen LogP contribution in [0.25, 0.3) is 0 Å². The molecule has 1 aromatic rings. The van der Waals surface area contributed by atoms with Crippen LogP contribution in [0.4, 0.5) is 5.69 Å². The molecule has 1 fully saturated rings. The Bertz CT molecular complexity index is 789. The lowest BCUT2D eigenvalue weighted by atomic mass is 9.91. The predicted octanol–water partition coefficient (Wildman–Crippen LogP) is 4.42. The molecule has 31 heavy (non-hydrogen) atoms. The van der Waals surface area contributed by atoms with Gasteiger partial charge in [0, 0.05) is 28.7 Å². The molecular weight excluding hydrogens is 507 g/mol. The highest BCUT2D eigenvalue weighted by Crippen LogP contribution is 2.27. The molecule has 0 spiro atoms. The lowest BCUT2D eigenvalue weighted by Gasteiger charge is -2.32. The van der Waals surface area contributed by atoms with Crippen molar-refractivity contribution in [3.05, 3.63) is 29.8 Å². The van der Waals surface area contributed by atoms with Gasteiger partial charge in [-0.25, -0.2) is 0 Å². The number of nitrogens with one attached hydrogen (secondary N) is 1. The number of anilines is 1. The van der Waals surface area contributed by atoms with E-state index in [1.54, 1.807) is 19.1 Å². The van der Waals surface area contributed by atoms with Gasteiger partial charge in [0.1, 0.15) is 0 Å². The Kier molecular flexibility index (Phi) is 9.06. The fraction of sp³-hybridized carbons (Fsp3) is 0.625. The first kappa shape index (κ1) is 25.8. The number of hydrogen-bond acceptors (Lipinski definition) is 4. The van der Waals surface area contributed by atoms with Gasteiger partial charge >= 0.3 is 0 Å². The maximum absolute atomic E-state index is 12.5. The van der Waals surface area contributed by atoms with E-state index >= 15 is 0 Å². The second-order valence-electron chi connectivity index (χ2n) is 9.57. The van der Waals surface area contributed by atoms with Crippen molar-refractivity contribution in [2.45, 2.75) is 77.9 Å². The van der Waals surface area contributed by atoms with Crippen molar-refractivity contribution in [3.8, 4) is 0 Å². The number of ether oxygens (including phenoxy) is 1. The first-order valence-electron chi connectivity index (χ1n) is 10.9. The van der Waals surface area contributed by atoms with Crippen LogP contribution >= 0.6 is 22.6 Å². The predicted molar refractivity (Wildman–Crippen MR) is 131 cm³/mol. The highest BCUT2D eigenvalue weighted by Gasteiger charge is 2.36. The smallest absolute Gasteiger partial charge is 0.237 e. The van der Waals surface area contributed by atoms with Gasteiger partial charge in [0.15, 0.2) is 0 Å². The molecule has 1 atom stereocenters. The molecule has 7 heteroatoms. The van der Waals surface area contributed by atoms with E-state index in [-0.39, 0.29) is 41.2 Å². The van der Waals surface area contributed by atoms with Gasteiger partial charge in [-0.2, -0.15) is 0 Å². The molecular formula is C24H35IN2O4. The molecule has 0 aliphatic carbocycles. The number of aryl methyl sites for hydroxylation is 1. The van der Waals surface area contributed by atoms with E-state index < -0.39 is 0 Å². The number of nitrogens with zero attached hydrogens (tertiary/aromatic N) is 1. The van der Waals surface area contributed by atoms with E-state index in [0.717, 1.165) is 29.4 Å². The van der Waals surface area contributed by atoms with Crippen molar-refractivity contribution in [1.29, 1.82) is 0 Å². The van der Waals surface area contributed by atoms with Crippen molar-refractivity contribution in [1.82, 2.24) is 5.32 Å². The SMILES string of the molecule is CC1CC(=O)N(c2ccc(CCC(=O)NC(C)(C)CCC(C)(C)OCCI)cc2)C1=O. The van der Waals surface area contributed by atoms with Gasteiger partial charge in [-0.3, -0.25) is 19.3 Å². The summed E-state index contributed by atoms with van der Waals surface area (Å²) in [5, 5.41) is 3.13. The summed E-state index contributed by atoms with van der Waals surface area (Å²) in [4.78, 5) is 37.9. The Balaban J connectivity index is 1.82. The summed E-state index contributed by atoms with van der Waals surface area (Å²) in [5.74, 6) is -0.557. The van der Waals surface area contributed by atoms with Crippen molar-refractivity contribution in [2.75, 3.05) is 15.9 Å². The number of rotatable bonds is 11. The Morgan fingerprint density at radius 2 is 1.81 bits per heavy atom. The van der Waals surface area contributed by atoms with Gasteiger partial charge < -0.3 is 10.1 Å². The second-order valence-corrected chi connectivity index (χ2v) is 10.6. The summed E-state index contributed by atoms with van der Waals surface area (Å²) in [7, 11) is 0. The highest BCUT2D eigenvalue weighted by molar-refractivity contribution is 14.1.